The third kappa shape index (κ3) is 5.79. The number of carbonyl (C=O) groups excluding carboxylic acids is 1. The van der Waals surface area contributed by atoms with Crippen LogP contribution in [0.15, 0.2) is 22.9 Å². The normalized spacial score (nSPS) is 10.2. The summed E-state index contributed by atoms with van der Waals surface area (Å²) in [6.07, 6.45) is 3.40. The zero-order chi connectivity index (χ0) is 12.5. The molecule has 1 aromatic heterocycles. The lowest BCUT2D eigenvalue weighted by Crippen LogP contribution is -2.25. The summed E-state index contributed by atoms with van der Waals surface area (Å²) in [7, 11) is 0. The van der Waals surface area contributed by atoms with Crippen molar-refractivity contribution in [3.05, 3.63) is 28.5 Å². The van der Waals surface area contributed by atoms with Gasteiger partial charge >= 0.3 is 0 Å². The SMILES string of the molecule is CCCOCCCNC(=O)c1ccc(Br)nc1. The Labute approximate surface area is 110 Å². The van der Waals surface area contributed by atoms with E-state index in [0.717, 1.165) is 24.1 Å². The van der Waals surface area contributed by atoms with Gasteiger partial charge in [-0.15, -0.1) is 0 Å². The van der Waals surface area contributed by atoms with E-state index in [2.05, 4.69) is 33.2 Å². The van der Waals surface area contributed by atoms with Crippen molar-refractivity contribution < 1.29 is 9.53 Å². The molecule has 0 aliphatic rings. The molecule has 1 rings (SSSR count). The van der Waals surface area contributed by atoms with Crippen LogP contribution in [0.25, 0.3) is 0 Å². The molecule has 1 heterocycles. The number of halogens is 1. The Hall–Kier alpha value is -0.940. The van der Waals surface area contributed by atoms with Gasteiger partial charge in [0.15, 0.2) is 0 Å². The van der Waals surface area contributed by atoms with Crippen LogP contribution in [0.2, 0.25) is 0 Å². The molecule has 0 saturated carbocycles. The molecule has 0 aliphatic carbocycles. The minimum Gasteiger partial charge on any atom is -0.381 e. The van der Waals surface area contributed by atoms with E-state index in [1.807, 2.05) is 0 Å². The van der Waals surface area contributed by atoms with Crippen LogP contribution in [0.1, 0.15) is 30.1 Å². The number of nitrogens with one attached hydrogen (secondary N) is 1. The molecule has 0 aliphatic heterocycles. The van der Waals surface area contributed by atoms with Gasteiger partial charge in [0.1, 0.15) is 4.60 Å². The standard InChI is InChI=1S/C12H17BrN2O2/c1-2-7-17-8-3-6-14-12(16)10-4-5-11(13)15-9-10/h4-5,9H,2-3,6-8H2,1H3,(H,14,16). The maximum Gasteiger partial charge on any atom is 0.252 e. The molecule has 0 unspecified atom stereocenters. The van der Waals surface area contributed by atoms with E-state index in [0.29, 0.717) is 18.7 Å². The Bertz CT molecular complexity index is 341. The third-order valence-corrected chi connectivity index (χ3v) is 2.56. The lowest BCUT2D eigenvalue weighted by molar-refractivity contribution is 0.0941. The summed E-state index contributed by atoms with van der Waals surface area (Å²) in [6, 6.07) is 3.49. The maximum atomic E-state index is 11.6. The first-order valence-corrected chi connectivity index (χ1v) is 6.51. The number of aromatic nitrogens is 1. The molecule has 94 valence electrons. The molecule has 17 heavy (non-hydrogen) atoms. The molecule has 5 heteroatoms. The monoisotopic (exact) mass is 300 g/mol. The molecule has 4 nitrogen and oxygen atoms in total. The van der Waals surface area contributed by atoms with Gasteiger partial charge in [-0.25, -0.2) is 4.98 Å². The molecule has 1 N–H and O–H groups in total. The number of ether oxygens (including phenoxy) is 1. The fourth-order valence-electron chi connectivity index (χ4n) is 1.23. The van der Waals surface area contributed by atoms with Gasteiger partial charge in [0, 0.05) is 26.0 Å². The Morgan fingerprint density at radius 3 is 2.94 bits per heavy atom. The second-order valence-corrected chi connectivity index (χ2v) is 4.40. The Morgan fingerprint density at radius 1 is 1.47 bits per heavy atom. The number of pyridine rings is 1. The number of amides is 1. The maximum absolute atomic E-state index is 11.6. The first-order chi connectivity index (χ1) is 8.24. The highest BCUT2D eigenvalue weighted by Crippen LogP contribution is 2.05. The van der Waals surface area contributed by atoms with E-state index >= 15 is 0 Å². The summed E-state index contributed by atoms with van der Waals surface area (Å²) in [6.45, 7) is 4.16. The highest BCUT2D eigenvalue weighted by atomic mass is 79.9. The van der Waals surface area contributed by atoms with E-state index in [1.54, 1.807) is 18.3 Å². The highest BCUT2D eigenvalue weighted by molar-refractivity contribution is 9.10. The number of hydrogen-bond acceptors (Lipinski definition) is 3. The Morgan fingerprint density at radius 2 is 2.29 bits per heavy atom. The van der Waals surface area contributed by atoms with Crippen molar-refractivity contribution in [3.8, 4) is 0 Å². The van der Waals surface area contributed by atoms with Gasteiger partial charge in [-0.2, -0.15) is 0 Å². The number of nitrogens with zero attached hydrogens (tertiary/aromatic N) is 1. The largest absolute Gasteiger partial charge is 0.381 e. The summed E-state index contributed by atoms with van der Waals surface area (Å²) in [5.41, 5.74) is 0.572. The molecule has 1 aromatic rings. The zero-order valence-electron chi connectivity index (χ0n) is 9.91. The van der Waals surface area contributed by atoms with Crippen LogP contribution in [0.4, 0.5) is 0 Å². The molecule has 1 amide bonds. The summed E-state index contributed by atoms with van der Waals surface area (Å²) >= 11 is 3.22. The van der Waals surface area contributed by atoms with E-state index in [9.17, 15) is 4.79 Å². The lowest BCUT2D eigenvalue weighted by atomic mass is 10.2. The van der Waals surface area contributed by atoms with Crippen LogP contribution in [0.3, 0.4) is 0 Å². The van der Waals surface area contributed by atoms with Crippen LogP contribution in [-0.2, 0) is 4.74 Å². The van der Waals surface area contributed by atoms with Crippen molar-refractivity contribution in [2.45, 2.75) is 19.8 Å². The highest BCUT2D eigenvalue weighted by Gasteiger charge is 2.04. The van der Waals surface area contributed by atoms with Crippen LogP contribution >= 0.6 is 15.9 Å². The number of hydrogen-bond donors (Lipinski definition) is 1. The van der Waals surface area contributed by atoms with Gasteiger partial charge < -0.3 is 10.1 Å². The number of rotatable bonds is 7. The van der Waals surface area contributed by atoms with Crippen molar-refractivity contribution in [1.82, 2.24) is 10.3 Å². The molecule has 0 radical (unpaired) electrons. The second-order valence-electron chi connectivity index (χ2n) is 3.59. The van der Waals surface area contributed by atoms with Gasteiger partial charge in [0.25, 0.3) is 5.91 Å². The summed E-state index contributed by atoms with van der Waals surface area (Å²) in [5, 5.41) is 2.82. The second kappa shape index (κ2) is 8.20. The molecule has 0 atom stereocenters. The summed E-state index contributed by atoms with van der Waals surface area (Å²) < 4.78 is 6.04. The molecule has 0 aromatic carbocycles. The minimum absolute atomic E-state index is 0.0968. The first kappa shape index (κ1) is 14.1. The van der Waals surface area contributed by atoms with E-state index < -0.39 is 0 Å². The van der Waals surface area contributed by atoms with Crippen molar-refractivity contribution in [3.63, 3.8) is 0 Å². The van der Waals surface area contributed by atoms with Gasteiger partial charge in [-0.05, 0) is 40.9 Å². The summed E-state index contributed by atoms with van der Waals surface area (Å²) in [4.78, 5) is 15.6. The Kier molecular flexibility index (Phi) is 6.81. The van der Waals surface area contributed by atoms with Crippen LogP contribution in [0, 0.1) is 0 Å². The van der Waals surface area contributed by atoms with E-state index in [1.165, 1.54) is 0 Å². The van der Waals surface area contributed by atoms with Gasteiger partial charge in [0.2, 0.25) is 0 Å². The molecule has 0 bridgehead atoms. The van der Waals surface area contributed by atoms with E-state index in [4.69, 9.17) is 4.74 Å². The van der Waals surface area contributed by atoms with Crippen molar-refractivity contribution >= 4 is 21.8 Å². The van der Waals surface area contributed by atoms with Gasteiger partial charge in [-0.3, -0.25) is 4.79 Å². The quantitative estimate of drug-likeness (QED) is 0.621. The predicted octanol–water partition coefficient (Wildman–Crippen LogP) is 2.39. The van der Waals surface area contributed by atoms with Crippen LogP contribution in [0.5, 0.6) is 0 Å². The molecule has 0 spiro atoms. The van der Waals surface area contributed by atoms with Gasteiger partial charge in [0.05, 0.1) is 5.56 Å². The first-order valence-electron chi connectivity index (χ1n) is 5.71. The zero-order valence-corrected chi connectivity index (χ0v) is 11.5. The van der Waals surface area contributed by atoms with Crippen molar-refractivity contribution in [1.29, 1.82) is 0 Å². The fourth-order valence-corrected chi connectivity index (χ4v) is 1.47. The third-order valence-electron chi connectivity index (χ3n) is 2.09. The molecule has 0 saturated heterocycles. The molecular weight excluding hydrogens is 284 g/mol. The average molecular weight is 301 g/mol. The van der Waals surface area contributed by atoms with Crippen molar-refractivity contribution in [2.75, 3.05) is 19.8 Å². The van der Waals surface area contributed by atoms with E-state index in [-0.39, 0.29) is 5.91 Å². The smallest absolute Gasteiger partial charge is 0.252 e. The topological polar surface area (TPSA) is 51.2 Å². The van der Waals surface area contributed by atoms with Crippen molar-refractivity contribution in [2.24, 2.45) is 0 Å². The predicted molar refractivity (Wildman–Crippen MR) is 70.0 cm³/mol. The Balaban J connectivity index is 2.19. The molecule has 0 fully saturated rings. The lowest BCUT2D eigenvalue weighted by Gasteiger charge is -2.05. The summed E-state index contributed by atoms with van der Waals surface area (Å²) in [5.74, 6) is -0.0968. The average Bonchev–Trinajstić information content (AvgIpc) is 2.34. The van der Waals surface area contributed by atoms with Gasteiger partial charge in [-0.1, -0.05) is 6.92 Å². The fraction of sp³-hybridized carbons (Fsp3) is 0.500. The van der Waals surface area contributed by atoms with Crippen LogP contribution < -0.4 is 5.32 Å². The minimum atomic E-state index is -0.0968. The van der Waals surface area contributed by atoms with Crippen LogP contribution in [-0.4, -0.2) is 30.6 Å². The number of carbonyl (C=O) groups is 1. The molecular formula is C12H17BrN2O2.